The van der Waals surface area contributed by atoms with Gasteiger partial charge < -0.3 is 14.2 Å². The molecule has 0 spiro atoms. The number of benzene rings is 1. The Morgan fingerprint density at radius 3 is 2.14 bits per heavy atom. The molecule has 2 rings (SSSR count). The average Bonchev–Trinajstić information content (AvgIpc) is 3.08. The Hall–Kier alpha value is -2.67. The molecule has 0 unspecified atom stereocenters. The number of carbonyl (C=O) groups is 4. The monoisotopic (exact) mass is 422 g/mol. The van der Waals surface area contributed by atoms with Crippen molar-refractivity contribution in [2.24, 2.45) is 17.3 Å². The Bertz CT molecular complexity index is 799. The van der Waals surface area contributed by atoms with Crippen LogP contribution in [0.3, 0.4) is 0 Å². The molecule has 1 aromatic carbocycles. The van der Waals surface area contributed by atoms with Crippen LogP contribution in [0.5, 0.6) is 0 Å². The Balaban J connectivity index is 2.75. The van der Waals surface area contributed by atoms with Crippen molar-refractivity contribution in [3.8, 4) is 0 Å². The SMILES string of the molecule is C=C[C@H]1CC(C(=O)OC)(C(=O)OC)[C@H](c2ccc(Cl)cc2)[C@H]1C(=O)C(=O)OCC. The van der Waals surface area contributed by atoms with Gasteiger partial charge in [0.05, 0.1) is 20.8 Å². The van der Waals surface area contributed by atoms with Crippen molar-refractivity contribution >= 4 is 35.3 Å². The molecule has 0 N–H and O–H groups in total. The summed E-state index contributed by atoms with van der Waals surface area (Å²) >= 11 is 5.98. The number of Topliss-reactive ketones (excluding diaryl/α,β-unsaturated/α-hetero) is 1. The maximum Gasteiger partial charge on any atom is 0.374 e. The fourth-order valence-electron chi connectivity index (χ4n) is 4.12. The van der Waals surface area contributed by atoms with Crippen molar-refractivity contribution in [3.63, 3.8) is 0 Å². The van der Waals surface area contributed by atoms with E-state index in [1.807, 2.05) is 0 Å². The fraction of sp³-hybridized carbons (Fsp3) is 0.429. The van der Waals surface area contributed by atoms with Gasteiger partial charge in [0.2, 0.25) is 5.78 Å². The summed E-state index contributed by atoms with van der Waals surface area (Å²) in [6, 6.07) is 6.35. The van der Waals surface area contributed by atoms with Gasteiger partial charge in [0.25, 0.3) is 0 Å². The van der Waals surface area contributed by atoms with Gasteiger partial charge in [-0.1, -0.05) is 29.8 Å². The number of methoxy groups -OCH3 is 2. The zero-order chi connectivity index (χ0) is 21.8. The van der Waals surface area contributed by atoms with Gasteiger partial charge in [-0.05, 0) is 37.0 Å². The molecule has 1 fully saturated rings. The molecule has 8 heteroatoms. The van der Waals surface area contributed by atoms with Crippen LogP contribution in [0.25, 0.3) is 0 Å². The van der Waals surface area contributed by atoms with E-state index in [4.69, 9.17) is 25.8 Å². The lowest BCUT2D eigenvalue weighted by Gasteiger charge is -2.32. The van der Waals surface area contributed by atoms with Gasteiger partial charge in [-0.3, -0.25) is 14.4 Å². The molecule has 7 nitrogen and oxygen atoms in total. The molecule has 0 aliphatic heterocycles. The first kappa shape index (κ1) is 22.6. The Morgan fingerprint density at radius 2 is 1.69 bits per heavy atom. The van der Waals surface area contributed by atoms with Crippen LogP contribution < -0.4 is 0 Å². The van der Waals surface area contributed by atoms with E-state index >= 15 is 0 Å². The minimum absolute atomic E-state index is 0.0147. The second kappa shape index (κ2) is 9.22. The van der Waals surface area contributed by atoms with Gasteiger partial charge in [0.1, 0.15) is 0 Å². The van der Waals surface area contributed by atoms with E-state index in [0.29, 0.717) is 10.6 Å². The highest BCUT2D eigenvalue weighted by molar-refractivity contribution is 6.35. The molecule has 1 aliphatic rings. The standard InChI is InChI=1S/C21H23ClO7/c1-5-12-11-21(19(25)27-3,20(26)28-4)16(13-7-9-14(22)10-8-13)15(12)17(23)18(24)29-6-2/h5,7-10,12,15-16H,1,6,11H2,2-4H3/t12-,15-,16+/m0/s1. The van der Waals surface area contributed by atoms with Crippen molar-refractivity contribution < 1.29 is 33.4 Å². The second-order valence-corrected chi connectivity index (χ2v) is 7.13. The van der Waals surface area contributed by atoms with Crippen molar-refractivity contribution in [2.75, 3.05) is 20.8 Å². The van der Waals surface area contributed by atoms with Crippen LogP contribution in [0, 0.1) is 17.3 Å². The number of allylic oxidation sites excluding steroid dienone is 1. The van der Waals surface area contributed by atoms with Crippen molar-refractivity contribution in [3.05, 3.63) is 47.5 Å². The van der Waals surface area contributed by atoms with E-state index in [0.717, 1.165) is 14.2 Å². The third-order valence-corrected chi connectivity index (χ3v) is 5.57. The van der Waals surface area contributed by atoms with E-state index in [-0.39, 0.29) is 13.0 Å². The Labute approximate surface area is 174 Å². The largest absolute Gasteiger partial charge is 0.468 e. The molecule has 1 aliphatic carbocycles. The van der Waals surface area contributed by atoms with Gasteiger partial charge >= 0.3 is 17.9 Å². The number of ether oxygens (including phenoxy) is 3. The predicted octanol–water partition coefficient (Wildman–Crippen LogP) is 2.71. The van der Waals surface area contributed by atoms with Gasteiger partial charge in [-0.25, -0.2) is 4.79 Å². The summed E-state index contributed by atoms with van der Waals surface area (Å²) in [5, 5.41) is 0.432. The third kappa shape index (κ3) is 3.92. The van der Waals surface area contributed by atoms with Crippen molar-refractivity contribution in [1.82, 2.24) is 0 Å². The first-order chi connectivity index (χ1) is 13.8. The summed E-state index contributed by atoms with van der Waals surface area (Å²) in [5.41, 5.74) is -1.36. The van der Waals surface area contributed by atoms with Crippen molar-refractivity contribution in [1.29, 1.82) is 0 Å². The molecule has 0 bridgehead atoms. The summed E-state index contributed by atoms with van der Waals surface area (Å²) in [7, 11) is 2.30. The zero-order valence-electron chi connectivity index (χ0n) is 16.5. The summed E-state index contributed by atoms with van der Waals surface area (Å²) in [6.45, 7) is 5.32. The summed E-state index contributed by atoms with van der Waals surface area (Å²) < 4.78 is 14.8. The number of rotatable bonds is 7. The molecule has 1 saturated carbocycles. The minimum Gasteiger partial charge on any atom is -0.468 e. The summed E-state index contributed by atoms with van der Waals surface area (Å²) in [5.74, 6) is -6.33. The number of hydrogen-bond donors (Lipinski definition) is 0. The molecule has 3 atom stereocenters. The van der Waals surface area contributed by atoms with Gasteiger partial charge in [-0.2, -0.15) is 0 Å². The first-order valence-corrected chi connectivity index (χ1v) is 9.42. The second-order valence-electron chi connectivity index (χ2n) is 6.70. The molecule has 0 saturated heterocycles. The van der Waals surface area contributed by atoms with Crippen LogP contribution in [0.1, 0.15) is 24.8 Å². The number of hydrogen-bond acceptors (Lipinski definition) is 7. The van der Waals surface area contributed by atoms with Crippen LogP contribution in [0.4, 0.5) is 0 Å². The molecule has 0 heterocycles. The fourth-order valence-corrected chi connectivity index (χ4v) is 4.25. The van der Waals surface area contributed by atoms with Gasteiger partial charge in [0, 0.05) is 16.9 Å². The highest BCUT2D eigenvalue weighted by atomic mass is 35.5. The molecule has 0 radical (unpaired) electrons. The smallest absolute Gasteiger partial charge is 0.374 e. The molecule has 0 aromatic heterocycles. The number of halogens is 1. The van der Waals surface area contributed by atoms with E-state index in [1.54, 1.807) is 31.2 Å². The van der Waals surface area contributed by atoms with E-state index in [2.05, 4.69) is 6.58 Å². The lowest BCUT2D eigenvalue weighted by atomic mass is 9.70. The van der Waals surface area contributed by atoms with Crippen LogP contribution in [0.15, 0.2) is 36.9 Å². The first-order valence-electron chi connectivity index (χ1n) is 9.04. The van der Waals surface area contributed by atoms with Gasteiger partial charge in [0.15, 0.2) is 5.41 Å². The number of carbonyl (C=O) groups excluding carboxylic acids is 4. The topological polar surface area (TPSA) is 96.0 Å². The Kier molecular flexibility index (Phi) is 7.19. The predicted molar refractivity (Wildman–Crippen MR) is 104 cm³/mol. The highest BCUT2D eigenvalue weighted by Crippen LogP contribution is 2.57. The van der Waals surface area contributed by atoms with Crippen LogP contribution in [-0.2, 0) is 33.4 Å². The quantitative estimate of drug-likeness (QED) is 0.219. The maximum atomic E-state index is 13.0. The normalized spacial score (nSPS) is 22.4. The van der Waals surface area contributed by atoms with Gasteiger partial charge in [-0.15, -0.1) is 6.58 Å². The maximum absolute atomic E-state index is 13.0. The number of esters is 3. The summed E-state index contributed by atoms with van der Waals surface area (Å²) in [6.07, 6.45) is 1.36. The van der Waals surface area contributed by atoms with Crippen LogP contribution >= 0.6 is 11.6 Å². The zero-order valence-corrected chi connectivity index (χ0v) is 17.2. The van der Waals surface area contributed by atoms with E-state index < -0.39 is 46.9 Å². The molecule has 1 aromatic rings. The number of ketones is 1. The van der Waals surface area contributed by atoms with Crippen molar-refractivity contribution in [2.45, 2.75) is 19.3 Å². The third-order valence-electron chi connectivity index (χ3n) is 5.32. The molecule has 0 amide bonds. The molecular formula is C21H23ClO7. The highest BCUT2D eigenvalue weighted by Gasteiger charge is 2.66. The van der Waals surface area contributed by atoms with Crippen LogP contribution in [0.2, 0.25) is 5.02 Å². The van der Waals surface area contributed by atoms with Crippen LogP contribution in [-0.4, -0.2) is 44.5 Å². The molecule has 29 heavy (non-hydrogen) atoms. The lowest BCUT2D eigenvalue weighted by Crippen LogP contribution is -2.45. The van der Waals surface area contributed by atoms with E-state index in [9.17, 15) is 19.2 Å². The average molecular weight is 423 g/mol. The molecular weight excluding hydrogens is 400 g/mol. The van der Waals surface area contributed by atoms with E-state index in [1.165, 1.54) is 6.08 Å². The lowest BCUT2D eigenvalue weighted by molar-refractivity contribution is -0.171. The minimum atomic E-state index is -1.83. The molecule has 156 valence electrons. The Morgan fingerprint density at radius 1 is 1.14 bits per heavy atom. The summed E-state index contributed by atoms with van der Waals surface area (Å²) in [4.78, 5) is 51.1.